The number of benzene rings is 1. The fourth-order valence-electron chi connectivity index (χ4n) is 3.96. The van der Waals surface area contributed by atoms with Gasteiger partial charge in [-0.3, -0.25) is 0 Å². The Labute approximate surface area is 123 Å². The average molecular weight is 272 g/mol. The average Bonchev–Trinajstić information content (AvgIpc) is 2.51. The van der Waals surface area contributed by atoms with E-state index in [1.807, 2.05) is 0 Å². The van der Waals surface area contributed by atoms with Gasteiger partial charge in [0.2, 0.25) is 0 Å². The number of hydrogen-bond acceptors (Lipinski definition) is 2. The van der Waals surface area contributed by atoms with Gasteiger partial charge in [-0.25, -0.2) is 0 Å². The van der Waals surface area contributed by atoms with Crippen LogP contribution < -0.4 is 5.32 Å². The van der Waals surface area contributed by atoms with Crippen molar-refractivity contribution in [2.75, 3.05) is 26.2 Å². The van der Waals surface area contributed by atoms with Crippen molar-refractivity contribution in [3.63, 3.8) is 0 Å². The molecule has 2 aliphatic heterocycles. The van der Waals surface area contributed by atoms with Gasteiger partial charge in [-0.05, 0) is 88.3 Å². The van der Waals surface area contributed by atoms with E-state index in [2.05, 4.69) is 42.3 Å². The molecule has 3 rings (SSSR count). The monoisotopic (exact) mass is 272 g/mol. The molecule has 110 valence electrons. The number of nitrogens with zero attached hydrogens (tertiary/aromatic N) is 1. The Morgan fingerprint density at radius 1 is 1.00 bits per heavy atom. The first-order valence-corrected chi connectivity index (χ1v) is 8.26. The number of hydrogen-bond donors (Lipinski definition) is 1. The summed E-state index contributed by atoms with van der Waals surface area (Å²) in [7, 11) is 0. The van der Waals surface area contributed by atoms with Crippen molar-refractivity contribution in [2.45, 2.75) is 51.5 Å². The summed E-state index contributed by atoms with van der Waals surface area (Å²) in [5, 5.41) is 3.48. The maximum absolute atomic E-state index is 3.48. The lowest BCUT2D eigenvalue weighted by atomic mass is 9.85. The standard InChI is InChI=1S/C18H28N2/c1-14-4-3-5-18(15(14)2)16-8-12-20(13-9-16)17-6-10-19-11-7-17/h3-5,16-17,19H,6-13H2,1-2H3. The zero-order valence-electron chi connectivity index (χ0n) is 13.0. The van der Waals surface area contributed by atoms with E-state index in [1.54, 1.807) is 5.56 Å². The van der Waals surface area contributed by atoms with Crippen LogP contribution >= 0.6 is 0 Å². The maximum Gasteiger partial charge on any atom is 0.0119 e. The van der Waals surface area contributed by atoms with Crippen LogP contribution in [-0.2, 0) is 0 Å². The Kier molecular flexibility index (Phi) is 4.42. The van der Waals surface area contributed by atoms with Crippen molar-refractivity contribution >= 4 is 0 Å². The maximum atomic E-state index is 3.48. The summed E-state index contributed by atoms with van der Waals surface area (Å²) in [5.74, 6) is 0.785. The molecule has 20 heavy (non-hydrogen) atoms. The fraction of sp³-hybridized carbons (Fsp3) is 0.667. The predicted octanol–water partition coefficient (Wildman–Crippen LogP) is 3.23. The second kappa shape index (κ2) is 6.28. The van der Waals surface area contributed by atoms with Crippen LogP contribution in [0.2, 0.25) is 0 Å². The molecule has 2 fully saturated rings. The van der Waals surface area contributed by atoms with Crippen molar-refractivity contribution in [1.29, 1.82) is 0 Å². The Bertz CT molecular complexity index is 441. The van der Waals surface area contributed by atoms with E-state index in [0.29, 0.717) is 0 Å². The molecular weight excluding hydrogens is 244 g/mol. The van der Waals surface area contributed by atoms with Gasteiger partial charge in [-0.15, -0.1) is 0 Å². The molecule has 2 heterocycles. The molecule has 0 aliphatic carbocycles. The van der Waals surface area contributed by atoms with E-state index in [1.165, 1.54) is 63.0 Å². The summed E-state index contributed by atoms with van der Waals surface area (Å²) in [5.41, 5.74) is 4.58. The second-order valence-electron chi connectivity index (χ2n) is 6.58. The summed E-state index contributed by atoms with van der Waals surface area (Å²) in [4.78, 5) is 2.75. The minimum Gasteiger partial charge on any atom is -0.317 e. The van der Waals surface area contributed by atoms with Crippen LogP contribution in [0.15, 0.2) is 18.2 Å². The van der Waals surface area contributed by atoms with Gasteiger partial charge >= 0.3 is 0 Å². The molecule has 0 saturated carbocycles. The molecule has 1 N–H and O–H groups in total. The highest BCUT2D eigenvalue weighted by Crippen LogP contribution is 2.32. The van der Waals surface area contributed by atoms with Crippen LogP contribution in [0.3, 0.4) is 0 Å². The van der Waals surface area contributed by atoms with Crippen molar-refractivity contribution in [2.24, 2.45) is 0 Å². The molecule has 2 heteroatoms. The highest BCUT2D eigenvalue weighted by molar-refractivity contribution is 5.35. The Morgan fingerprint density at radius 2 is 1.70 bits per heavy atom. The summed E-state index contributed by atoms with van der Waals surface area (Å²) in [6, 6.07) is 7.67. The summed E-state index contributed by atoms with van der Waals surface area (Å²) < 4.78 is 0. The molecule has 1 aromatic carbocycles. The first-order valence-electron chi connectivity index (χ1n) is 8.26. The summed E-state index contributed by atoms with van der Waals surface area (Å²) >= 11 is 0. The van der Waals surface area contributed by atoms with Crippen molar-refractivity contribution in [3.8, 4) is 0 Å². The van der Waals surface area contributed by atoms with Gasteiger partial charge in [0.05, 0.1) is 0 Å². The van der Waals surface area contributed by atoms with Crippen LogP contribution in [0.4, 0.5) is 0 Å². The quantitative estimate of drug-likeness (QED) is 0.889. The van der Waals surface area contributed by atoms with E-state index >= 15 is 0 Å². The molecule has 2 aliphatic rings. The van der Waals surface area contributed by atoms with Crippen LogP contribution in [-0.4, -0.2) is 37.1 Å². The molecule has 0 spiro atoms. The van der Waals surface area contributed by atoms with Crippen molar-refractivity contribution in [1.82, 2.24) is 10.2 Å². The van der Waals surface area contributed by atoms with Gasteiger partial charge in [-0.2, -0.15) is 0 Å². The first-order chi connectivity index (χ1) is 9.75. The molecule has 0 atom stereocenters. The molecule has 0 bridgehead atoms. The van der Waals surface area contributed by atoms with Crippen molar-refractivity contribution in [3.05, 3.63) is 34.9 Å². The Hall–Kier alpha value is -0.860. The number of likely N-dealkylation sites (tertiary alicyclic amines) is 1. The van der Waals surface area contributed by atoms with E-state index in [4.69, 9.17) is 0 Å². The first kappa shape index (κ1) is 14.1. The highest BCUT2D eigenvalue weighted by Gasteiger charge is 2.27. The number of nitrogens with one attached hydrogen (secondary N) is 1. The van der Waals surface area contributed by atoms with Crippen molar-refractivity contribution < 1.29 is 0 Å². The molecule has 0 unspecified atom stereocenters. The lowest BCUT2D eigenvalue weighted by molar-refractivity contribution is 0.127. The lowest BCUT2D eigenvalue weighted by Crippen LogP contribution is -2.46. The van der Waals surface area contributed by atoms with E-state index in [-0.39, 0.29) is 0 Å². The van der Waals surface area contributed by atoms with Gasteiger partial charge in [-0.1, -0.05) is 18.2 Å². The van der Waals surface area contributed by atoms with Crippen LogP contribution in [0, 0.1) is 13.8 Å². The normalized spacial score (nSPS) is 23.1. The zero-order chi connectivity index (χ0) is 13.9. The fourth-order valence-corrected chi connectivity index (χ4v) is 3.96. The smallest absolute Gasteiger partial charge is 0.0119 e. The van der Waals surface area contributed by atoms with Gasteiger partial charge in [0.15, 0.2) is 0 Å². The third kappa shape index (κ3) is 2.91. The minimum absolute atomic E-state index is 0.785. The second-order valence-corrected chi connectivity index (χ2v) is 6.58. The number of aryl methyl sites for hydroxylation is 1. The van der Waals surface area contributed by atoms with Gasteiger partial charge in [0.1, 0.15) is 0 Å². The minimum atomic E-state index is 0.785. The third-order valence-corrected chi connectivity index (χ3v) is 5.44. The molecule has 2 saturated heterocycles. The molecule has 0 radical (unpaired) electrons. The molecule has 2 nitrogen and oxygen atoms in total. The van der Waals surface area contributed by atoms with Crippen LogP contribution in [0.25, 0.3) is 0 Å². The summed E-state index contributed by atoms with van der Waals surface area (Å²) in [6.07, 6.45) is 5.37. The van der Waals surface area contributed by atoms with Crippen LogP contribution in [0.5, 0.6) is 0 Å². The molecule has 1 aromatic rings. The SMILES string of the molecule is Cc1cccc(C2CCN(C3CCNCC3)CC2)c1C. The molecular formula is C18H28N2. The van der Waals surface area contributed by atoms with E-state index in [0.717, 1.165) is 12.0 Å². The molecule has 0 aromatic heterocycles. The summed E-state index contributed by atoms with van der Waals surface area (Å²) in [6.45, 7) is 9.54. The molecule has 0 amide bonds. The largest absolute Gasteiger partial charge is 0.317 e. The lowest BCUT2D eigenvalue weighted by Gasteiger charge is -2.40. The Morgan fingerprint density at radius 3 is 2.40 bits per heavy atom. The van der Waals surface area contributed by atoms with Gasteiger partial charge < -0.3 is 10.2 Å². The van der Waals surface area contributed by atoms with E-state index < -0.39 is 0 Å². The number of piperidine rings is 2. The van der Waals surface area contributed by atoms with Crippen LogP contribution in [0.1, 0.15) is 48.3 Å². The predicted molar refractivity (Wildman–Crippen MR) is 85.4 cm³/mol. The highest BCUT2D eigenvalue weighted by atomic mass is 15.2. The third-order valence-electron chi connectivity index (χ3n) is 5.44. The number of rotatable bonds is 2. The van der Waals surface area contributed by atoms with E-state index in [9.17, 15) is 0 Å². The van der Waals surface area contributed by atoms with Gasteiger partial charge in [0, 0.05) is 6.04 Å². The van der Waals surface area contributed by atoms with Gasteiger partial charge in [0.25, 0.3) is 0 Å². The zero-order valence-corrected chi connectivity index (χ0v) is 13.0. The topological polar surface area (TPSA) is 15.3 Å². The Balaban J connectivity index is 1.62.